The van der Waals surface area contributed by atoms with E-state index < -0.39 is 0 Å². The van der Waals surface area contributed by atoms with E-state index in [1.807, 2.05) is 24.5 Å². The van der Waals surface area contributed by atoms with E-state index in [1.165, 1.54) is 0 Å². The molecule has 0 spiro atoms. The summed E-state index contributed by atoms with van der Waals surface area (Å²) in [4.78, 5) is 20.0. The number of rotatable bonds is 3. The monoisotopic (exact) mass is 399 g/mol. The fourth-order valence-corrected chi connectivity index (χ4v) is 4.29. The van der Waals surface area contributed by atoms with Gasteiger partial charge in [0.2, 0.25) is 0 Å². The van der Waals surface area contributed by atoms with Crippen molar-refractivity contribution in [2.75, 3.05) is 20.1 Å². The van der Waals surface area contributed by atoms with Crippen LogP contribution in [-0.4, -0.2) is 65.4 Å². The van der Waals surface area contributed by atoms with Crippen molar-refractivity contribution >= 4 is 21.9 Å². The molecule has 0 aliphatic carbocycles. The van der Waals surface area contributed by atoms with Crippen molar-refractivity contribution in [3.8, 4) is 22.8 Å². The molecule has 150 valence electrons. The van der Waals surface area contributed by atoms with Gasteiger partial charge in [0, 0.05) is 29.3 Å². The van der Waals surface area contributed by atoms with Gasteiger partial charge in [-0.25, -0.2) is 4.98 Å². The molecule has 3 N–H and O–H groups in total. The van der Waals surface area contributed by atoms with E-state index in [2.05, 4.69) is 42.3 Å². The minimum atomic E-state index is 0.439. The van der Waals surface area contributed by atoms with Gasteiger partial charge in [-0.1, -0.05) is 0 Å². The van der Waals surface area contributed by atoms with E-state index in [9.17, 15) is 0 Å². The number of hydrogen-bond acceptors (Lipinski definition) is 6. The topological polar surface area (TPSA) is 115 Å². The summed E-state index contributed by atoms with van der Waals surface area (Å²) < 4.78 is 0. The molecule has 9 heteroatoms. The SMILES string of the molecule is CN1CCC(c2nccc3[nH]c(-c4n[nH]c5cnc(-c6cn[nH]c6)cc45)nc23)CC1. The number of fused-ring (bicyclic) bond motifs is 2. The summed E-state index contributed by atoms with van der Waals surface area (Å²) in [6.07, 6.45) is 9.47. The highest BCUT2D eigenvalue weighted by Crippen LogP contribution is 2.33. The molecule has 5 aromatic rings. The predicted octanol–water partition coefficient (Wildman–Crippen LogP) is 3.10. The van der Waals surface area contributed by atoms with Crippen molar-refractivity contribution in [2.24, 2.45) is 0 Å². The second-order valence-corrected chi connectivity index (χ2v) is 7.93. The van der Waals surface area contributed by atoms with E-state index in [0.29, 0.717) is 5.92 Å². The highest BCUT2D eigenvalue weighted by Gasteiger charge is 2.23. The van der Waals surface area contributed by atoms with Crippen LogP contribution in [0.15, 0.2) is 36.9 Å². The molecule has 0 atom stereocenters. The maximum atomic E-state index is 4.94. The number of nitrogens with zero attached hydrogens (tertiary/aromatic N) is 6. The molecule has 6 rings (SSSR count). The lowest BCUT2D eigenvalue weighted by molar-refractivity contribution is 0.254. The fraction of sp³-hybridized carbons (Fsp3) is 0.286. The quantitative estimate of drug-likeness (QED) is 0.429. The molecule has 0 bridgehead atoms. The maximum absolute atomic E-state index is 4.94. The summed E-state index contributed by atoms with van der Waals surface area (Å²) >= 11 is 0. The van der Waals surface area contributed by atoms with Crippen LogP contribution in [0.2, 0.25) is 0 Å². The number of nitrogens with one attached hydrogen (secondary N) is 3. The van der Waals surface area contributed by atoms with E-state index in [-0.39, 0.29) is 0 Å². The molecule has 1 aliphatic heterocycles. The second-order valence-electron chi connectivity index (χ2n) is 7.93. The highest BCUT2D eigenvalue weighted by molar-refractivity contribution is 5.94. The Kier molecular flexibility index (Phi) is 3.88. The van der Waals surface area contributed by atoms with Gasteiger partial charge < -0.3 is 9.88 Å². The Hall–Kier alpha value is -3.59. The molecule has 6 heterocycles. The first-order valence-electron chi connectivity index (χ1n) is 10.1. The zero-order chi connectivity index (χ0) is 20.1. The van der Waals surface area contributed by atoms with Crippen LogP contribution in [-0.2, 0) is 0 Å². The lowest BCUT2D eigenvalue weighted by Gasteiger charge is -2.28. The van der Waals surface area contributed by atoms with Crippen molar-refractivity contribution in [3.05, 3.63) is 42.6 Å². The number of aromatic nitrogens is 8. The van der Waals surface area contributed by atoms with E-state index in [0.717, 1.165) is 76.3 Å². The van der Waals surface area contributed by atoms with Gasteiger partial charge in [-0.2, -0.15) is 10.2 Å². The van der Waals surface area contributed by atoms with Gasteiger partial charge in [0.25, 0.3) is 0 Å². The summed E-state index contributed by atoms with van der Waals surface area (Å²) in [5.41, 5.74) is 6.44. The van der Waals surface area contributed by atoms with Gasteiger partial charge >= 0.3 is 0 Å². The van der Waals surface area contributed by atoms with Crippen LogP contribution in [0.4, 0.5) is 0 Å². The molecular weight excluding hydrogens is 378 g/mol. The number of piperidine rings is 1. The standard InChI is InChI=1S/C21H21N9/c1-30-6-3-12(4-7-30)18-20-15(2-5-22-18)26-21(27-20)19-14-8-16(13-9-24-25-10-13)23-11-17(14)28-29-19/h2,5,8-12H,3-4,6-7H2,1H3,(H,24,25)(H,26,27)(H,28,29). The fourth-order valence-electron chi connectivity index (χ4n) is 4.29. The number of hydrogen-bond donors (Lipinski definition) is 3. The van der Waals surface area contributed by atoms with Crippen molar-refractivity contribution in [1.82, 2.24) is 45.2 Å². The van der Waals surface area contributed by atoms with Crippen LogP contribution in [0, 0.1) is 0 Å². The first kappa shape index (κ1) is 17.3. The van der Waals surface area contributed by atoms with E-state index >= 15 is 0 Å². The minimum Gasteiger partial charge on any atom is -0.336 e. The van der Waals surface area contributed by atoms with Crippen LogP contribution in [0.5, 0.6) is 0 Å². The van der Waals surface area contributed by atoms with Gasteiger partial charge in [-0.3, -0.25) is 20.2 Å². The lowest BCUT2D eigenvalue weighted by Crippen LogP contribution is -2.29. The molecule has 9 nitrogen and oxygen atoms in total. The van der Waals surface area contributed by atoms with Gasteiger partial charge in [0.1, 0.15) is 11.2 Å². The minimum absolute atomic E-state index is 0.439. The highest BCUT2D eigenvalue weighted by atomic mass is 15.1. The molecule has 0 radical (unpaired) electrons. The van der Waals surface area contributed by atoms with Gasteiger partial charge in [-0.05, 0) is 45.1 Å². The molecule has 5 aromatic heterocycles. The van der Waals surface area contributed by atoms with Crippen molar-refractivity contribution in [2.45, 2.75) is 18.8 Å². The molecule has 0 aromatic carbocycles. The summed E-state index contributed by atoms with van der Waals surface area (Å²) in [7, 11) is 2.17. The van der Waals surface area contributed by atoms with Crippen LogP contribution >= 0.6 is 0 Å². The molecule has 0 amide bonds. The molecule has 0 saturated carbocycles. The Labute approximate surface area is 172 Å². The maximum Gasteiger partial charge on any atom is 0.159 e. The number of likely N-dealkylation sites (tertiary alicyclic amines) is 1. The van der Waals surface area contributed by atoms with Gasteiger partial charge in [-0.15, -0.1) is 0 Å². The Morgan fingerprint density at radius 1 is 1.10 bits per heavy atom. The lowest BCUT2D eigenvalue weighted by atomic mass is 9.92. The largest absolute Gasteiger partial charge is 0.336 e. The summed E-state index contributed by atoms with van der Waals surface area (Å²) in [6.45, 7) is 2.18. The van der Waals surface area contributed by atoms with Crippen LogP contribution in [0.1, 0.15) is 24.5 Å². The number of H-pyrrole nitrogens is 3. The Morgan fingerprint density at radius 2 is 2.00 bits per heavy atom. The molecular formula is C21H21N9. The van der Waals surface area contributed by atoms with Crippen LogP contribution in [0.25, 0.3) is 44.7 Å². The average molecular weight is 399 g/mol. The number of pyridine rings is 2. The van der Waals surface area contributed by atoms with Gasteiger partial charge in [0.15, 0.2) is 5.82 Å². The summed E-state index contributed by atoms with van der Waals surface area (Å²) in [5, 5.41) is 15.4. The van der Waals surface area contributed by atoms with Crippen LogP contribution in [0.3, 0.4) is 0 Å². The van der Waals surface area contributed by atoms with Crippen LogP contribution < -0.4 is 0 Å². The summed E-state index contributed by atoms with van der Waals surface area (Å²) in [6, 6.07) is 4.00. The van der Waals surface area contributed by atoms with Crippen molar-refractivity contribution in [1.29, 1.82) is 0 Å². The number of aromatic amines is 3. The van der Waals surface area contributed by atoms with Crippen molar-refractivity contribution < 1.29 is 0 Å². The molecule has 30 heavy (non-hydrogen) atoms. The smallest absolute Gasteiger partial charge is 0.159 e. The molecule has 1 saturated heterocycles. The number of imidazole rings is 1. The zero-order valence-electron chi connectivity index (χ0n) is 16.6. The third kappa shape index (κ3) is 2.78. The third-order valence-electron chi connectivity index (χ3n) is 6.00. The molecule has 0 unspecified atom stereocenters. The normalized spacial score (nSPS) is 16.0. The summed E-state index contributed by atoms with van der Waals surface area (Å²) in [5.74, 6) is 1.18. The Balaban J connectivity index is 1.45. The second kappa shape index (κ2) is 6.74. The zero-order valence-corrected chi connectivity index (χ0v) is 16.6. The molecule has 1 aliphatic rings. The van der Waals surface area contributed by atoms with E-state index in [4.69, 9.17) is 9.97 Å². The Bertz CT molecular complexity index is 1320. The van der Waals surface area contributed by atoms with E-state index in [1.54, 1.807) is 12.4 Å². The first-order valence-corrected chi connectivity index (χ1v) is 10.1. The predicted molar refractivity (Wildman–Crippen MR) is 114 cm³/mol. The average Bonchev–Trinajstić information content (AvgIpc) is 3.52. The first-order chi connectivity index (χ1) is 14.8. The van der Waals surface area contributed by atoms with Gasteiger partial charge in [0.05, 0.1) is 34.8 Å². The third-order valence-corrected chi connectivity index (χ3v) is 6.00. The Morgan fingerprint density at radius 3 is 2.83 bits per heavy atom. The van der Waals surface area contributed by atoms with Crippen molar-refractivity contribution in [3.63, 3.8) is 0 Å². The molecule has 1 fully saturated rings.